The van der Waals surface area contributed by atoms with Crippen molar-refractivity contribution in [2.45, 2.75) is 19.4 Å². The number of nitrogens with zero attached hydrogens (tertiary/aromatic N) is 1. The summed E-state index contributed by atoms with van der Waals surface area (Å²) in [6.07, 6.45) is 1.16. The third-order valence-corrected chi connectivity index (χ3v) is 2.19. The Labute approximate surface area is 73.6 Å². The number of rotatable bonds is 4. The van der Waals surface area contributed by atoms with E-state index in [0.717, 1.165) is 39.3 Å². The molecule has 72 valence electrons. The molecule has 0 spiro atoms. The minimum atomic E-state index is 0.160. The van der Waals surface area contributed by atoms with Crippen molar-refractivity contribution < 1.29 is 9.57 Å². The van der Waals surface area contributed by atoms with Crippen LogP contribution in [0.3, 0.4) is 0 Å². The fourth-order valence-corrected chi connectivity index (χ4v) is 1.26. The maximum Gasteiger partial charge on any atom is 0.0771 e. The standard InChI is InChI=1S/C8H18N2O2/c1-8(12-9)2-3-10-4-6-11-7-5-10/h8H,2-7,9H2,1H3. The second-order valence-corrected chi connectivity index (χ2v) is 3.19. The molecule has 0 amide bonds. The van der Waals surface area contributed by atoms with Gasteiger partial charge < -0.3 is 9.57 Å². The molecule has 0 aliphatic carbocycles. The number of morpholine rings is 1. The van der Waals surface area contributed by atoms with E-state index in [0.29, 0.717) is 0 Å². The van der Waals surface area contributed by atoms with E-state index < -0.39 is 0 Å². The minimum Gasteiger partial charge on any atom is -0.379 e. The van der Waals surface area contributed by atoms with Gasteiger partial charge in [0.2, 0.25) is 0 Å². The predicted molar refractivity (Wildman–Crippen MR) is 46.6 cm³/mol. The van der Waals surface area contributed by atoms with Gasteiger partial charge in [-0.1, -0.05) is 0 Å². The Kier molecular flexibility index (Phi) is 4.53. The number of nitrogens with two attached hydrogens (primary N) is 1. The van der Waals surface area contributed by atoms with Crippen molar-refractivity contribution in [3.05, 3.63) is 0 Å². The average Bonchev–Trinajstić information content (AvgIpc) is 2.16. The summed E-state index contributed by atoms with van der Waals surface area (Å²) in [6, 6.07) is 0. The topological polar surface area (TPSA) is 47.7 Å². The molecule has 1 aliphatic rings. The van der Waals surface area contributed by atoms with Crippen molar-refractivity contribution in [2.75, 3.05) is 32.8 Å². The molecule has 1 rings (SSSR count). The van der Waals surface area contributed by atoms with E-state index in [9.17, 15) is 0 Å². The van der Waals surface area contributed by atoms with E-state index in [-0.39, 0.29) is 6.10 Å². The van der Waals surface area contributed by atoms with Gasteiger partial charge >= 0.3 is 0 Å². The molecule has 1 atom stereocenters. The smallest absolute Gasteiger partial charge is 0.0771 e. The Bertz CT molecular complexity index is 116. The van der Waals surface area contributed by atoms with Gasteiger partial charge in [0, 0.05) is 19.6 Å². The maximum atomic E-state index is 5.24. The lowest BCUT2D eigenvalue weighted by molar-refractivity contribution is 0.0177. The molecule has 0 aromatic heterocycles. The van der Waals surface area contributed by atoms with Crippen molar-refractivity contribution in [1.29, 1.82) is 0 Å². The van der Waals surface area contributed by atoms with Crippen molar-refractivity contribution >= 4 is 0 Å². The van der Waals surface area contributed by atoms with E-state index in [1.54, 1.807) is 0 Å². The summed E-state index contributed by atoms with van der Waals surface area (Å²) in [4.78, 5) is 7.06. The first-order valence-corrected chi connectivity index (χ1v) is 4.48. The number of hydrogen-bond donors (Lipinski definition) is 1. The Morgan fingerprint density at radius 1 is 1.50 bits per heavy atom. The highest BCUT2D eigenvalue weighted by atomic mass is 16.6. The van der Waals surface area contributed by atoms with E-state index >= 15 is 0 Å². The fourth-order valence-electron chi connectivity index (χ4n) is 1.26. The molecule has 0 saturated carbocycles. The van der Waals surface area contributed by atoms with E-state index in [4.69, 9.17) is 10.6 Å². The van der Waals surface area contributed by atoms with Crippen molar-refractivity contribution in [2.24, 2.45) is 5.90 Å². The maximum absolute atomic E-state index is 5.24. The van der Waals surface area contributed by atoms with Crippen molar-refractivity contribution in [3.63, 3.8) is 0 Å². The van der Waals surface area contributed by atoms with Crippen molar-refractivity contribution in [3.8, 4) is 0 Å². The van der Waals surface area contributed by atoms with Gasteiger partial charge in [-0.2, -0.15) is 0 Å². The molecule has 0 radical (unpaired) electrons. The fraction of sp³-hybridized carbons (Fsp3) is 1.00. The molecule has 1 unspecified atom stereocenters. The zero-order chi connectivity index (χ0) is 8.81. The molecular formula is C8H18N2O2. The van der Waals surface area contributed by atoms with Crippen LogP contribution in [0, 0.1) is 0 Å². The monoisotopic (exact) mass is 174 g/mol. The van der Waals surface area contributed by atoms with Gasteiger partial charge in [-0.15, -0.1) is 0 Å². The summed E-state index contributed by atoms with van der Waals surface area (Å²) < 4.78 is 5.24. The summed E-state index contributed by atoms with van der Waals surface area (Å²) >= 11 is 0. The van der Waals surface area contributed by atoms with Crippen LogP contribution in [0.2, 0.25) is 0 Å². The highest BCUT2D eigenvalue weighted by Gasteiger charge is 2.11. The normalized spacial score (nSPS) is 22.5. The predicted octanol–water partition coefficient (Wildman–Crippen LogP) is -0.0125. The third-order valence-electron chi connectivity index (χ3n) is 2.19. The molecular weight excluding hydrogens is 156 g/mol. The van der Waals surface area contributed by atoms with Gasteiger partial charge in [0.15, 0.2) is 0 Å². The third kappa shape index (κ3) is 3.49. The summed E-state index contributed by atoms with van der Waals surface area (Å²) in [5.74, 6) is 5.04. The van der Waals surface area contributed by atoms with Crippen molar-refractivity contribution in [1.82, 2.24) is 4.90 Å². The van der Waals surface area contributed by atoms with Gasteiger partial charge in [-0.25, -0.2) is 5.90 Å². The zero-order valence-corrected chi connectivity index (χ0v) is 7.66. The highest BCUT2D eigenvalue weighted by Crippen LogP contribution is 2.01. The van der Waals surface area contributed by atoms with Crippen LogP contribution in [-0.4, -0.2) is 43.9 Å². The summed E-state index contributed by atoms with van der Waals surface area (Å²) in [5, 5.41) is 0. The van der Waals surface area contributed by atoms with E-state index in [2.05, 4.69) is 9.74 Å². The minimum absolute atomic E-state index is 0.160. The zero-order valence-electron chi connectivity index (χ0n) is 7.66. The molecule has 2 N–H and O–H groups in total. The van der Waals surface area contributed by atoms with Crippen LogP contribution in [-0.2, 0) is 9.57 Å². The molecule has 1 fully saturated rings. The lowest BCUT2D eigenvalue weighted by atomic mass is 10.2. The van der Waals surface area contributed by atoms with E-state index in [1.807, 2.05) is 6.92 Å². The number of ether oxygens (including phenoxy) is 1. The molecule has 0 bridgehead atoms. The van der Waals surface area contributed by atoms with Crippen LogP contribution in [0.15, 0.2) is 0 Å². The van der Waals surface area contributed by atoms with Crippen LogP contribution in [0.1, 0.15) is 13.3 Å². The first kappa shape index (κ1) is 9.92. The molecule has 1 heterocycles. The average molecular weight is 174 g/mol. The summed E-state index contributed by atoms with van der Waals surface area (Å²) in [6.45, 7) is 6.84. The SMILES string of the molecule is CC(CCN1CCOCC1)ON. The number of hydrogen-bond acceptors (Lipinski definition) is 4. The Morgan fingerprint density at radius 3 is 2.75 bits per heavy atom. The van der Waals surface area contributed by atoms with Gasteiger partial charge in [-0.3, -0.25) is 4.90 Å². The molecule has 0 aromatic carbocycles. The van der Waals surface area contributed by atoms with Gasteiger partial charge in [-0.05, 0) is 13.3 Å². The first-order valence-electron chi connectivity index (χ1n) is 4.48. The molecule has 12 heavy (non-hydrogen) atoms. The second-order valence-electron chi connectivity index (χ2n) is 3.19. The summed E-state index contributed by atoms with van der Waals surface area (Å²) in [7, 11) is 0. The van der Waals surface area contributed by atoms with E-state index in [1.165, 1.54) is 0 Å². The molecule has 1 aliphatic heterocycles. The van der Waals surface area contributed by atoms with Gasteiger partial charge in [0.05, 0.1) is 19.3 Å². The van der Waals surface area contributed by atoms with Crippen LogP contribution < -0.4 is 5.90 Å². The quantitative estimate of drug-likeness (QED) is 0.609. The lowest BCUT2D eigenvalue weighted by Crippen LogP contribution is -2.38. The Hall–Kier alpha value is -0.160. The first-order chi connectivity index (χ1) is 5.83. The van der Waals surface area contributed by atoms with Crippen LogP contribution >= 0.6 is 0 Å². The lowest BCUT2D eigenvalue weighted by Gasteiger charge is -2.27. The largest absolute Gasteiger partial charge is 0.379 e. The van der Waals surface area contributed by atoms with Crippen LogP contribution in [0.4, 0.5) is 0 Å². The van der Waals surface area contributed by atoms with Crippen LogP contribution in [0.5, 0.6) is 0 Å². The Morgan fingerprint density at radius 2 is 2.17 bits per heavy atom. The molecule has 0 aromatic rings. The second kappa shape index (κ2) is 5.48. The Balaban J connectivity index is 2.05. The molecule has 4 nitrogen and oxygen atoms in total. The summed E-state index contributed by atoms with van der Waals surface area (Å²) in [5.41, 5.74) is 0. The van der Waals surface area contributed by atoms with Gasteiger partial charge in [0.25, 0.3) is 0 Å². The van der Waals surface area contributed by atoms with Gasteiger partial charge in [0.1, 0.15) is 0 Å². The highest BCUT2D eigenvalue weighted by molar-refractivity contribution is 4.63. The molecule has 4 heteroatoms. The molecule has 1 saturated heterocycles. The van der Waals surface area contributed by atoms with Crippen LogP contribution in [0.25, 0.3) is 0 Å².